The fraction of sp³-hybridized carbons (Fsp3) is 0. The molecule has 8 nitrogen and oxygen atoms in total. The number of fused-ring (bicyclic) bond motifs is 6. The van der Waals surface area contributed by atoms with E-state index in [2.05, 4.69) is 191 Å². The predicted molar refractivity (Wildman–Crippen MR) is 358 cm³/mol. The van der Waals surface area contributed by atoms with Gasteiger partial charge in [-0.1, -0.05) is 212 Å². The summed E-state index contributed by atoms with van der Waals surface area (Å²) in [7, 11) is 0. The summed E-state index contributed by atoms with van der Waals surface area (Å²) in [5.74, 6) is 0.687. The average Bonchev–Trinajstić information content (AvgIpc) is 1.64. The van der Waals surface area contributed by atoms with E-state index in [4.69, 9.17) is 24.9 Å². The third kappa shape index (κ3) is 9.24. The molecular weight excluding hydrogens is 1070 g/mol. The van der Waals surface area contributed by atoms with Crippen LogP contribution in [0, 0.1) is 11.3 Å². The zero-order chi connectivity index (χ0) is 58.5. The number of hydrogen-bond donors (Lipinski definition) is 0. The summed E-state index contributed by atoms with van der Waals surface area (Å²) in [4.78, 5) is 25.4. The molecule has 8 heteroatoms. The fourth-order valence-electron chi connectivity index (χ4n) is 12.4. The van der Waals surface area contributed by atoms with Gasteiger partial charge in [0.2, 0.25) is 0 Å². The second kappa shape index (κ2) is 21.8. The van der Waals surface area contributed by atoms with Crippen LogP contribution in [-0.4, -0.2) is 34.1 Å². The van der Waals surface area contributed by atoms with Crippen LogP contribution in [0.5, 0.6) is 0 Å². The lowest BCUT2D eigenvalue weighted by atomic mass is 9.99. The van der Waals surface area contributed by atoms with Gasteiger partial charge in [-0.3, -0.25) is 24.5 Å². The number of aromatic nitrogens is 7. The molecule has 9 aromatic carbocycles. The Balaban J connectivity index is 0.918. The molecule has 0 saturated carbocycles. The summed E-state index contributed by atoms with van der Waals surface area (Å²) >= 11 is 0. The number of pyridine rings is 5. The maximum absolute atomic E-state index is 11.0. The molecule has 0 unspecified atom stereocenters. The Bertz CT molecular complexity index is 5050. The van der Waals surface area contributed by atoms with Crippen LogP contribution >= 0.6 is 0 Å². The average molecular weight is 1120 g/mol. The quantitative estimate of drug-likeness (QED) is 0.128. The molecule has 0 spiro atoms. The monoisotopic (exact) mass is 1120 g/mol. The molecule has 0 radical (unpaired) electrons. The molecule has 88 heavy (non-hydrogen) atoms. The highest BCUT2D eigenvalue weighted by atomic mass is 15.1. The molecule has 0 saturated heterocycles. The highest BCUT2D eigenvalue weighted by Crippen LogP contribution is 2.43. The summed E-state index contributed by atoms with van der Waals surface area (Å²) in [6, 6.07) is 97.2. The van der Waals surface area contributed by atoms with E-state index in [1.54, 1.807) is 0 Å². The van der Waals surface area contributed by atoms with Crippen LogP contribution in [-0.2, 0) is 0 Å². The molecule has 16 aromatic rings. The van der Waals surface area contributed by atoms with Crippen molar-refractivity contribution in [2.45, 2.75) is 0 Å². The van der Waals surface area contributed by atoms with E-state index in [1.165, 1.54) is 0 Å². The normalized spacial score (nSPS) is 11.4. The molecule has 0 aliphatic heterocycles. The summed E-state index contributed by atoms with van der Waals surface area (Å²) in [6.07, 6.45) is 9.83. The van der Waals surface area contributed by atoms with Gasteiger partial charge in [0, 0.05) is 102 Å². The van der Waals surface area contributed by atoms with Gasteiger partial charge in [-0.25, -0.2) is 4.98 Å². The van der Waals surface area contributed by atoms with Crippen molar-refractivity contribution in [3.63, 3.8) is 0 Å². The molecule has 0 aliphatic carbocycles. The first-order chi connectivity index (χ1) is 43.6. The third-order valence-electron chi connectivity index (χ3n) is 16.9. The molecule has 410 valence electrons. The molecular formula is C80H50N8. The van der Waals surface area contributed by atoms with Gasteiger partial charge in [0.25, 0.3) is 0 Å². The first kappa shape index (κ1) is 51.5. The van der Waals surface area contributed by atoms with Crippen LogP contribution in [0.25, 0.3) is 156 Å². The van der Waals surface area contributed by atoms with Crippen LogP contribution in [0.3, 0.4) is 0 Å². The molecule has 0 fully saturated rings. The largest absolute Gasteiger partial charge is 0.307 e. The van der Waals surface area contributed by atoms with Gasteiger partial charge in [-0.15, -0.1) is 0 Å². The Morgan fingerprint density at radius 2 is 0.568 bits per heavy atom. The van der Waals surface area contributed by atoms with E-state index < -0.39 is 0 Å². The first-order valence-corrected chi connectivity index (χ1v) is 29.3. The van der Waals surface area contributed by atoms with Crippen molar-refractivity contribution in [1.29, 1.82) is 5.26 Å². The highest BCUT2D eigenvalue weighted by Gasteiger charge is 2.23. The predicted octanol–water partition coefficient (Wildman–Crippen LogP) is 19.7. The Morgan fingerprint density at radius 3 is 0.898 bits per heavy atom. The van der Waals surface area contributed by atoms with Crippen molar-refractivity contribution in [3.8, 4) is 118 Å². The third-order valence-corrected chi connectivity index (χ3v) is 16.9. The van der Waals surface area contributed by atoms with E-state index in [0.717, 1.165) is 150 Å². The first-order valence-electron chi connectivity index (χ1n) is 29.3. The van der Waals surface area contributed by atoms with Crippen molar-refractivity contribution in [2.75, 3.05) is 0 Å². The van der Waals surface area contributed by atoms with Gasteiger partial charge in [0.15, 0.2) is 0 Å². The zero-order valence-electron chi connectivity index (χ0n) is 47.4. The summed E-state index contributed by atoms with van der Waals surface area (Å²) in [5.41, 5.74) is 22.8. The lowest BCUT2D eigenvalue weighted by Gasteiger charge is -2.18. The minimum Gasteiger partial charge on any atom is -0.307 e. The van der Waals surface area contributed by atoms with E-state index in [9.17, 15) is 5.26 Å². The molecule has 16 rings (SSSR count). The number of nitriles is 1. The number of rotatable bonds is 11. The lowest BCUT2D eigenvalue weighted by molar-refractivity contribution is 1.06. The van der Waals surface area contributed by atoms with Crippen molar-refractivity contribution < 1.29 is 0 Å². The van der Waals surface area contributed by atoms with Gasteiger partial charge in [0.1, 0.15) is 5.82 Å². The fourth-order valence-corrected chi connectivity index (χ4v) is 12.4. The summed E-state index contributed by atoms with van der Waals surface area (Å²) in [6.45, 7) is 0. The van der Waals surface area contributed by atoms with Gasteiger partial charge in [-0.2, -0.15) is 5.26 Å². The minimum absolute atomic E-state index is 0.543. The van der Waals surface area contributed by atoms with Crippen LogP contribution in [0.4, 0.5) is 0 Å². The maximum Gasteiger partial charge on any atom is 0.138 e. The summed E-state index contributed by atoms with van der Waals surface area (Å²) in [5, 5.41) is 15.3. The Kier molecular flexibility index (Phi) is 12.7. The molecule has 0 N–H and O–H groups in total. The van der Waals surface area contributed by atoms with Crippen LogP contribution in [0.2, 0.25) is 0 Å². The highest BCUT2D eigenvalue weighted by molar-refractivity contribution is 6.13. The van der Waals surface area contributed by atoms with Gasteiger partial charge in [-0.05, 0) is 82.9 Å². The second-order valence-corrected chi connectivity index (χ2v) is 22.0. The van der Waals surface area contributed by atoms with Crippen LogP contribution < -0.4 is 0 Å². The maximum atomic E-state index is 11.0. The van der Waals surface area contributed by atoms with Gasteiger partial charge in [0.05, 0.1) is 68.4 Å². The van der Waals surface area contributed by atoms with Crippen molar-refractivity contribution in [1.82, 2.24) is 34.1 Å². The van der Waals surface area contributed by atoms with E-state index >= 15 is 0 Å². The molecule has 0 aliphatic rings. The molecule has 0 atom stereocenters. The minimum atomic E-state index is 0.543. The molecule has 0 amide bonds. The van der Waals surface area contributed by atoms with Crippen molar-refractivity contribution in [2.24, 2.45) is 0 Å². The topological polar surface area (TPSA) is 98.1 Å². The zero-order valence-corrected chi connectivity index (χ0v) is 47.4. The number of hydrogen-bond acceptors (Lipinski definition) is 6. The second-order valence-electron chi connectivity index (χ2n) is 22.0. The summed E-state index contributed by atoms with van der Waals surface area (Å²) < 4.78 is 4.60. The van der Waals surface area contributed by atoms with Gasteiger partial charge < -0.3 is 4.57 Å². The Morgan fingerprint density at radius 1 is 0.250 bits per heavy atom. The van der Waals surface area contributed by atoms with Gasteiger partial charge >= 0.3 is 0 Å². The van der Waals surface area contributed by atoms with E-state index in [0.29, 0.717) is 11.4 Å². The number of benzene rings is 9. The number of nitrogens with zero attached hydrogens (tertiary/aromatic N) is 8. The lowest BCUT2D eigenvalue weighted by Crippen LogP contribution is -2.04. The Labute approximate surface area is 507 Å². The molecule has 7 aromatic heterocycles. The van der Waals surface area contributed by atoms with Crippen LogP contribution in [0.1, 0.15) is 5.56 Å². The molecule has 0 bridgehead atoms. The standard InChI is InChI=1S/C80H50N8/c81-46-60-23-13-14-24-65(60)70-45-80(88-77-43-58(63-31-39-73(84-49-63)54-19-9-3-10-20-54)27-35-68(77)69-36-28-59(44-78(69)88)64-32-40-74(85-50-64)55-21-11-4-12-22-55)86-51-79(70)87-75-41-56(61-29-37-71(82-47-61)52-15-5-1-6-16-52)25-33-66(75)67-34-26-57(42-76(67)87)62-30-38-72(83-48-62)53-17-7-2-8-18-53/h1-45,47-51H. The van der Waals surface area contributed by atoms with Crippen LogP contribution in [0.15, 0.2) is 304 Å². The van der Waals surface area contributed by atoms with Crippen molar-refractivity contribution >= 4 is 43.6 Å². The van der Waals surface area contributed by atoms with Crippen molar-refractivity contribution in [3.05, 3.63) is 310 Å². The molecule has 7 heterocycles. The van der Waals surface area contributed by atoms with E-state index in [1.807, 2.05) is 128 Å². The van der Waals surface area contributed by atoms with E-state index in [-0.39, 0.29) is 0 Å². The smallest absolute Gasteiger partial charge is 0.138 e. The SMILES string of the molecule is N#Cc1ccccc1-c1cc(-n2c3cc(-c4ccc(-c5ccccc5)nc4)ccc3c3ccc(-c4ccc(-c5ccccc5)nc4)cc32)ncc1-n1c2cc(-c3ccc(-c4ccccc4)nc3)ccc2c2ccc(-c3ccc(-c4ccccc4)nc3)cc21. The Hall–Kier alpha value is -12.2.